The number of hydrogen-bond acceptors (Lipinski definition) is 0. The number of halogens is 2. The molecule has 4 aliphatic rings. The van der Waals surface area contributed by atoms with E-state index in [0.29, 0.717) is 5.92 Å². The standard InChI is InChI=1S/C27H29.C7H9.C6H10.2ClH.Zr/c1-16-7-9-26(3,4)24-12-18-11-19-13-25-21(17(2)8-10-27(25,5)6)15-23(19)22(18)14-20(16)24;1-6-3-4-7(2)5-6;1-2-4-6-5-3-1;;;/h7-8,11-15H,9-10H2,1-6H3;3,5,7H,1-2H3;1-5H2;2*1H;/q2*-1;;;;+2/p-2. The van der Waals surface area contributed by atoms with Crippen molar-refractivity contribution in [1.29, 1.82) is 0 Å². The molecule has 0 N–H and O–H groups in total. The van der Waals surface area contributed by atoms with Gasteiger partial charge in [0.05, 0.1) is 0 Å². The molecule has 4 aliphatic carbocycles. The van der Waals surface area contributed by atoms with Crippen molar-refractivity contribution in [3.8, 4) is 0 Å². The van der Waals surface area contributed by atoms with E-state index < -0.39 is 0 Å². The number of allylic oxidation sites excluding steroid dienone is 8. The summed E-state index contributed by atoms with van der Waals surface area (Å²) in [7, 11) is 0. The predicted molar refractivity (Wildman–Crippen MR) is 178 cm³/mol. The number of fused-ring (bicyclic) bond motifs is 5. The van der Waals surface area contributed by atoms with Crippen LogP contribution in [0.2, 0.25) is 0 Å². The molecule has 0 bridgehead atoms. The van der Waals surface area contributed by atoms with Gasteiger partial charge in [0.1, 0.15) is 0 Å². The Balaban J connectivity index is 0.000000262. The van der Waals surface area contributed by atoms with Crippen LogP contribution in [-0.2, 0) is 35.1 Å². The third-order valence-corrected chi connectivity index (χ3v) is 10.9. The molecule has 1 atom stereocenters. The average molecular weight is 691 g/mol. The third kappa shape index (κ3) is 7.88. The van der Waals surface area contributed by atoms with Gasteiger partial charge in [0.2, 0.25) is 0 Å². The quantitative estimate of drug-likeness (QED) is 0.274. The summed E-state index contributed by atoms with van der Waals surface area (Å²) in [6, 6.07) is 12.3. The normalized spacial score (nSPS) is 21.0. The summed E-state index contributed by atoms with van der Waals surface area (Å²) in [5.74, 6) is 0.556. The van der Waals surface area contributed by atoms with Crippen LogP contribution in [0.25, 0.3) is 32.7 Å². The first-order valence-corrected chi connectivity index (χ1v) is 17.0. The van der Waals surface area contributed by atoms with Crippen LogP contribution in [-0.4, -0.2) is 3.21 Å². The van der Waals surface area contributed by atoms with Gasteiger partial charge in [-0.3, -0.25) is 6.08 Å². The van der Waals surface area contributed by atoms with Gasteiger partial charge in [0.15, 0.2) is 0 Å². The molecule has 0 radical (unpaired) electrons. The average Bonchev–Trinajstić information content (AvgIpc) is 3.49. The summed E-state index contributed by atoms with van der Waals surface area (Å²) in [5.41, 5.74) is 10.5. The van der Waals surface area contributed by atoms with Crippen molar-refractivity contribution in [2.24, 2.45) is 5.92 Å². The van der Waals surface area contributed by atoms with Crippen LogP contribution >= 0.6 is 0 Å². The van der Waals surface area contributed by atoms with E-state index in [1.54, 1.807) is 27.4 Å². The monoisotopic (exact) mass is 688 g/mol. The fraction of sp³-hybridized carbons (Fsp3) is 0.450. The van der Waals surface area contributed by atoms with Crippen molar-refractivity contribution in [2.45, 2.75) is 111 Å². The molecule has 0 heterocycles. The molecular weight excluding hydrogens is 643 g/mol. The Hall–Kier alpha value is -1.40. The van der Waals surface area contributed by atoms with E-state index in [1.165, 1.54) is 92.6 Å². The van der Waals surface area contributed by atoms with E-state index in [-0.39, 0.29) is 35.6 Å². The molecule has 0 saturated heterocycles. The van der Waals surface area contributed by atoms with Gasteiger partial charge in [-0.15, -0.1) is 46.7 Å². The molecule has 1 unspecified atom stereocenters. The maximum atomic E-state index is 3.15. The van der Waals surface area contributed by atoms with Gasteiger partial charge < -0.3 is 24.8 Å². The Morgan fingerprint density at radius 2 is 1.21 bits per heavy atom. The van der Waals surface area contributed by atoms with Crippen LogP contribution in [0.5, 0.6) is 0 Å². The van der Waals surface area contributed by atoms with E-state index in [9.17, 15) is 0 Å². The SMILES string of the molecule is CC1=CC(C)[C-]=C1.CC1=CCC(C)(C)c2cc3[cH-]c4cc5c(cc4c3cc21)C(C)=CCC5(C)C.[Cl-].[Cl-].[Zr+2]=[C]1CCCCC1. The first-order valence-electron chi connectivity index (χ1n) is 15.8. The van der Waals surface area contributed by atoms with Crippen LogP contribution < -0.4 is 24.8 Å². The van der Waals surface area contributed by atoms with Crippen molar-refractivity contribution >= 4 is 35.9 Å². The van der Waals surface area contributed by atoms with Crippen LogP contribution in [0, 0.1) is 12.0 Å². The molecule has 7 rings (SSSR count). The summed E-state index contributed by atoms with van der Waals surface area (Å²) in [5, 5.41) is 5.61. The molecule has 0 spiro atoms. The summed E-state index contributed by atoms with van der Waals surface area (Å²) in [6.45, 7) is 18.3. The Bertz CT molecular complexity index is 1520. The molecule has 0 nitrogen and oxygen atoms in total. The molecular formula is C40H48Cl2Zr-2. The molecule has 0 amide bonds. The summed E-state index contributed by atoms with van der Waals surface area (Å²) in [6.07, 6.45) is 21.8. The van der Waals surface area contributed by atoms with Crippen LogP contribution in [0.4, 0.5) is 0 Å². The minimum atomic E-state index is 0. The van der Waals surface area contributed by atoms with E-state index in [0.717, 1.165) is 12.8 Å². The van der Waals surface area contributed by atoms with Gasteiger partial charge in [0.25, 0.3) is 0 Å². The van der Waals surface area contributed by atoms with Crippen LogP contribution in [0.3, 0.4) is 0 Å². The third-order valence-electron chi connectivity index (χ3n) is 9.67. The zero-order valence-electron chi connectivity index (χ0n) is 27.5. The second-order valence-electron chi connectivity index (χ2n) is 14.2. The zero-order chi connectivity index (χ0) is 29.5. The van der Waals surface area contributed by atoms with Gasteiger partial charge in [-0.2, -0.15) is 6.08 Å². The number of hydrogen-bond donors (Lipinski definition) is 0. The Morgan fingerprint density at radius 3 is 1.53 bits per heavy atom. The van der Waals surface area contributed by atoms with Crippen LogP contribution in [0.15, 0.2) is 60.2 Å². The van der Waals surface area contributed by atoms with Gasteiger partial charge in [-0.1, -0.05) is 75.9 Å². The molecule has 43 heavy (non-hydrogen) atoms. The van der Waals surface area contributed by atoms with Gasteiger partial charge in [0, 0.05) is 0 Å². The Morgan fingerprint density at radius 1 is 0.744 bits per heavy atom. The van der Waals surface area contributed by atoms with E-state index >= 15 is 0 Å². The molecule has 0 aliphatic heterocycles. The van der Waals surface area contributed by atoms with Crippen molar-refractivity contribution in [3.05, 3.63) is 88.5 Å². The molecule has 3 aromatic rings. The Labute approximate surface area is 288 Å². The molecule has 3 heteroatoms. The Kier molecular flexibility index (Phi) is 12.0. The molecule has 228 valence electrons. The van der Waals surface area contributed by atoms with Gasteiger partial charge in [-0.25, -0.2) is 11.6 Å². The fourth-order valence-corrected chi connectivity index (χ4v) is 7.74. The van der Waals surface area contributed by atoms with Crippen molar-refractivity contribution in [1.82, 2.24) is 0 Å². The molecule has 0 aromatic heterocycles. The summed E-state index contributed by atoms with van der Waals surface area (Å²) in [4.78, 5) is 0. The second kappa shape index (κ2) is 14.4. The first kappa shape index (κ1) is 36.1. The zero-order valence-corrected chi connectivity index (χ0v) is 31.4. The van der Waals surface area contributed by atoms with E-state index in [1.807, 2.05) is 6.08 Å². The number of benzene rings is 2. The van der Waals surface area contributed by atoms with Gasteiger partial charge in [-0.05, 0) is 59.8 Å². The van der Waals surface area contributed by atoms with Crippen molar-refractivity contribution in [2.75, 3.05) is 0 Å². The van der Waals surface area contributed by atoms with Crippen molar-refractivity contribution in [3.63, 3.8) is 0 Å². The maximum absolute atomic E-state index is 3.15. The molecule has 1 saturated carbocycles. The summed E-state index contributed by atoms with van der Waals surface area (Å²) >= 11 is 1.69. The van der Waals surface area contributed by atoms with E-state index in [4.69, 9.17) is 0 Å². The van der Waals surface area contributed by atoms with Crippen LogP contribution in [0.1, 0.15) is 123 Å². The number of rotatable bonds is 0. The predicted octanol–water partition coefficient (Wildman–Crippen LogP) is 5.50. The topological polar surface area (TPSA) is 0 Å². The van der Waals surface area contributed by atoms with E-state index in [2.05, 4.69) is 110 Å². The first-order chi connectivity index (χ1) is 19.4. The van der Waals surface area contributed by atoms with Gasteiger partial charge >= 0.3 is 59.5 Å². The minimum absolute atomic E-state index is 0. The summed E-state index contributed by atoms with van der Waals surface area (Å²) < 4.78 is 1.80. The van der Waals surface area contributed by atoms with Crippen molar-refractivity contribution < 1.29 is 49.0 Å². The second-order valence-corrected chi connectivity index (χ2v) is 16.0. The molecule has 3 aromatic carbocycles. The fourth-order valence-electron chi connectivity index (χ4n) is 6.87. The molecule has 1 fully saturated rings.